The summed E-state index contributed by atoms with van der Waals surface area (Å²) in [7, 11) is 0. The maximum absolute atomic E-state index is 5.36. The first-order chi connectivity index (χ1) is 14.7. The van der Waals surface area contributed by atoms with Gasteiger partial charge in [-0.25, -0.2) is 14.6 Å². The van der Waals surface area contributed by atoms with Crippen molar-refractivity contribution in [2.75, 3.05) is 44.3 Å². The molecule has 4 heterocycles. The molecule has 1 saturated carbocycles. The van der Waals surface area contributed by atoms with Crippen molar-refractivity contribution in [1.82, 2.24) is 24.6 Å². The molecule has 1 aliphatic carbocycles. The van der Waals surface area contributed by atoms with E-state index in [4.69, 9.17) is 14.7 Å². The fourth-order valence-electron chi connectivity index (χ4n) is 4.77. The zero-order valence-electron chi connectivity index (χ0n) is 17.5. The van der Waals surface area contributed by atoms with E-state index in [0.717, 1.165) is 67.8 Å². The summed E-state index contributed by atoms with van der Waals surface area (Å²) >= 11 is 0. The number of anilines is 1. The van der Waals surface area contributed by atoms with Gasteiger partial charge in [0.15, 0.2) is 5.82 Å². The van der Waals surface area contributed by atoms with Gasteiger partial charge in [-0.1, -0.05) is 18.6 Å². The third-order valence-corrected chi connectivity index (χ3v) is 6.97. The van der Waals surface area contributed by atoms with E-state index in [1.165, 1.54) is 24.8 Å². The summed E-state index contributed by atoms with van der Waals surface area (Å²) in [5.74, 6) is 3.35. The molecule has 0 atom stereocenters. The Morgan fingerprint density at radius 3 is 2.47 bits per heavy atom. The molecular formula is C23H28N6O. The Labute approximate surface area is 176 Å². The Morgan fingerprint density at radius 2 is 1.77 bits per heavy atom. The smallest absolute Gasteiger partial charge is 0.159 e. The molecule has 0 N–H and O–H groups in total. The molecule has 0 bridgehead atoms. The number of rotatable bonds is 4. The van der Waals surface area contributed by atoms with Crippen LogP contribution in [0.25, 0.3) is 16.7 Å². The van der Waals surface area contributed by atoms with Crippen LogP contribution in [-0.4, -0.2) is 70.1 Å². The van der Waals surface area contributed by atoms with Crippen LogP contribution in [0, 0.1) is 6.92 Å². The fraction of sp³-hybridized carbons (Fsp3) is 0.522. The lowest BCUT2D eigenvalue weighted by Gasteiger charge is -2.42. The monoisotopic (exact) mass is 404 g/mol. The summed E-state index contributed by atoms with van der Waals surface area (Å²) in [6.07, 6.45) is 5.89. The van der Waals surface area contributed by atoms with Crippen molar-refractivity contribution in [3.63, 3.8) is 0 Å². The Kier molecular flexibility index (Phi) is 4.46. The minimum absolute atomic E-state index is 0.607. The minimum atomic E-state index is 0.607. The van der Waals surface area contributed by atoms with Gasteiger partial charge in [0.25, 0.3) is 0 Å². The quantitative estimate of drug-likeness (QED) is 0.666. The molecule has 2 saturated heterocycles. The number of piperazine rings is 1. The Bertz CT molecular complexity index is 1060. The Hall–Kier alpha value is -2.51. The summed E-state index contributed by atoms with van der Waals surface area (Å²) in [5, 5.41) is 5.84. The fourth-order valence-corrected chi connectivity index (χ4v) is 4.77. The van der Waals surface area contributed by atoms with Gasteiger partial charge in [0.05, 0.1) is 31.0 Å². The van der Waals surface area contributed by atoms with E-state index in [2.05, 4.69) is 39.2 Å². The number of ether oxygens (including phenoxy) is 1. The molecule has 3 aromatic rings. The molecule has 3 fully saturated rings. The first-order valence-electron chi connectivity index (χ1n) is 11.1. The number of fused-ring (bicyclic) bond motifs is 1. The molecule has 0 spiro atoms. The van der Waals surface area contributed by atoms with Crippen LogP contribution in [-0.2, 0) is 4.74 Å². The molecule has 7 heteroatoms. The Balaban J connectivity index is 1.29. The average Bonchev–Trinajstić information content (AvgIpc) is 3.09. The highest BCUT2D eigenvalue weighted by Crippen LogP contribution is 2.37. The van der Waals surface area contributed by atoms with Crippen LogP contribution in [0.3, 0.4) is 0 Å². The molecule has 0 unspecified atom stereocenters. The van der Waals surface area contributed by atoms with Crippen molar-refractivity contribution in [3.8, 4) is 5.82 Å². The zero-order chi connectivity index (χ0) is 20.1. The SMILES string of the molecule is Cc1nc(N2CCN(C3COC3)CC2)cc(-n2ncc3ccc(C4CCC4)cc32)n1. The highest BCUT2D eigenvalue weighted by atomic mass is 16.5. The summed E-state index contributed by atoms with van der Waals surface area (Å²) < 4.78 is 7.34. The first-order valence-corrected chi connectivity index (χ1v) is 11.1. The molecule has 2 aromatic heterocycles. The second kappa shape index (κ2) is 7.32. The van der Waals surface area contributed by atoms with Gasteiger partial charge < -0.3 is 9.64 Å². The summed E-state index contributed by atoms with van der Waals surface area (Å²) in [5.41, 5.74) is 2.57. The lowest BCUT2D eigenvalue weighted by atomic mass is 9.80. The Morgan fingerprint density at radius 1 is 0.967 bits per heavy atom. The van der Waals surface area contributed by atoms with E-state index in [-0.39, 0.29) is 0 Å². The largest absolute Gasteiger partial charge is 0.378 e. The van der Waals surface area contributed by atoms with Crippen LogP contribution in [0.15, 0.2) is 30.5 Å². The summed E-state index contributed by atoms with van der Waals surface area (Å²) in [4.78, 5) is 14.4. The van der Waals surface area contributed by atoms with E-state index in [1.807, 2.05) is 17.8 Å². The van der Waals surface area contributed by atoms with Gasteiger partial charge >= 0.3 is 0 Å². The topological polar surface area (TPSA) is 59.3 Å². The normalized spacial score (nSPS) is 21.0. The van der Waals surface area contributed by atoms with E-state index >= 15 is 0 Å². The van der Waals surface area contributed by atoms with Gasteiger partial charge in [0, 0.05) is 37.6 Å². The average molecular weight is 405 g/mol. The lowest BCUT2D eigenvalue weighted by molar-refractivity contribution is -0.0661. The summed E-state index contributed by atoms with van der Waals surface area (Å²) in [6.45, 7) is 7.82. The maximum Gasteiger partial charge on any atom is 0.159 e. The molecule has 3 aliphatic rings. The van der Waals surface area contributed by atoms with Gasteiger partial charge in [-0.3, -0.25) is 4.90 Å². The van der Waals surface area contributed by atoms with Crippen molar-refractivity contribution in [2.45, 2.75) is 38.1 Å². The summed E-state index contributed by atoms with van der Waals surface area (Å²) in [6, 6.07) is 9.47. The maximum atomic E-state index is 5.36. The van der Waals surface area contributed by atoms with E-state index in [0.29, 0.717) is 12.0 Å². The van der Waals surface area contributed by atoms with Crippen molar-refractivity contribution in [3.05, 3.63) is 41.9 Å². The van der Waals surface area contributed by atoms with Crippen molar-refractivity contribution < 1.29 is 4.74 Å². The highest BCUT2D eigenvalue weighted by Gasteiger charge is 2.29. The molecular weight excluding hydrogens is 376 g/mol. The number of benzene rings is 1. The van der Waals surface area contributed by atoms with Crippen molar-refractivity contribution in [1.29, 1.82) is 0 Å². The van der Waals surface area contributed by atoms with Crippen molar-refractivity contribution >= 4 is 16.7 Å². The van der Waals surface area contributed by atoms with Crippen LogP contribution in [0.1, 0.15) is 36.6 Å². The van der Waals surface area contributed by atoms with E-state index < -0.39 is 0 Å². The predicted molar refractivity (Wildman–Crippen MR) is 116 cm³/mol. The van der Waals surface area contributed by atoms with Crippen molar-refractivity contribution in [2.24, 2.45) is 0 Å². The molecule has 1 aromatic carbocycles. The number of nitrogens with zero attached hydrogens (tertiary/aromatic N) is 6. The second-order valence-electron chi connectivity index (χ2n) is 8.85. The molecule has 156 valence electrons. The second-order valence-corrected chi connectivity index (χ2v) is 8.85. The van der Waals surface area contributed by atoms with Crippen LogP contribution >= 0.6 is 0 Å². The third kappa shape index (κ3) is 3.17. The van der Waals surface area contributed by atoms with Crippen LogP contribution in [0.4, 0.5) is 5.82 Å². The highest BCUT2D eigenvalue weighted by molar-refractivity contribution is 5.81. The van der Waals surface area contributed by atoms with E-state index in [9.17, 15) is 0 Å². The van der Waals surface area contributed by atoms with Crippen LogP contribution < -0.4 is 4.90 Å². The van der Waals surface area contributed by atoms with Gasteiger partial charge in [-0.15, -0.1) is 0 Å². The van der Waals surface area contributed by atoms with Crippen LogP contribution in [0.2, 0.25) is 0 Å². The lowest BCUT2D eigenvalue weighted by Crippen LogP contribution is -2.56. The zero-order valence-corrected chi connectivity index (χ0v) is 17.5. The number of aromatic nitrogens is 4. The number of hydrogen-bond acceptors (Lipinski definition) is 6. The molecule has 0 radical (unpaired) electrons. The van der Waals surface area contributed by atoms with E-state index in [1.54, 1.807) is 0 Å². The first kappa shape index (κ1) is 18.3. The van der Waals surface area contributed by atoms with Gasteiger partial charge in [0.2, 0.25) is 0 Å². The van der Waals surface area contributed by atoms with Crippen LogP contribution in [0.5, 0.6) is 0 Å². The van der Waals surface area contributed by atoms with Gasteiger partial charge in [0.1, 0.15) is 11.6 Å². The number of hydrogen-bond donors (Lipinski definition) is 0. The standard InChI is InChI=1S/C23H28N6O/c1-16-25-22(28-9-7-27(8-10-28)20-14-30-15-20)12-23(26-16)29-21-11-18(17-3-2-4-17)5-6-19(21)13-24-29/h5-6,11-13,17,20H,2-4,7-10,14-15H2,1H3. The molecule has 0 amide bonds. The third-order valence-electron chi connectivity index (χ3n) is 6.97. The molecule has 6 rings (SSSR count). The minimum Gasteiger partial charge on any atom is -0.378 e. The van der Waals surface area contributed by atoms with Gasteiger partial charge in [-0.05, 0) is 37.3 Å². The molecule has 30 heavy (non-hydrogen) atoms. The predicted octanol–water partition coefficient (Wildman–Crippen LogP) is 2.91. The molecule has 7 nitrogen and oxygen atoms in total. The van der Waals surface area contributed by atoms with Gasteiger partial charge in [-0.2, -0.15) is 5.10 Å². The molecule has 2 aliphatic heterocycles. The number of aryl methyl sites for hydroxylation is 1.